The van der Waals surface area contributed by atoms with Gasteiger partial charge < -0.3 is 10.2 Å². The minimum absolute atomic E-state index is 0.254. The highest BCUT2D eigenvalue weighted by atomic mass is 32.2. The highest BCUT2D eigenvalue weighted by Gasteiger charge is 2.28. The first-order chi connectivity index (χ1) is 8.83. The van der Waals surface area contributed by atoms with E-state index in [1.165, 1.54) is 6.42 Å². The number of likely N-dealkylation sites (N-methyl/N-ethyl adjacent to an activating group) is 1. The Bertz CT molecular complexity index is 375. The molecule has 2 heterocycles. The smallest absolute Gasteiger partial charge is 0.222 e. The van der Waals surface area contributed by atoms with E-state index in [0.717, 1.165) is 24.7 Å². The van der Waals surface area contributed by atoms with Crippen molar-refractivity contribution in [3.63, 3.8) is 0 Å². The number of carbonyl (C=O) groups excluding carboxylic acids is 1. The van der Waals surface area contributed by atoms with Gasteiger partial charge in [-0.2, -0.15) is 0 Å². The molecule has 0 aliphatic carbocycles. The molecular weight excluding hydrogens is 258 g/mol. The van der Waals surface area contributed by atoms with Crippen LogP contribution < -0.4 is 5.32 Å². The van der Waals surface area contributed by atoms with Crippen molar-refractivity contribution in [3.8, 4) is 0 Å². The van der Waals surface area contributed by atoms with Crippen LogP contribution in [0.2, 0.25) is 0 Å². The van der Waals surface area contributed by atoms with Crippen LogP contribution in [0.3, 0.4) is 0 Å². The summed E-state index contributed by atoms with van der Waals surface area (Å²) in [4.78, 5) is 17.9. The molecule has 2 aliphatic rings. The molecule has 1 N–H and O–H groups in total. The van der Waals surface area contributed by atoms with Gasteiger partial charge in [0.2, 0.25) is 5.91 Å². The number of nitrogens with zero attached hydrogens (tertiary/aromatic N) is 2. The first-order valence-electron chi connectivity index (χ1n) is 7.05. The van der Waals surface area contributed by atoms with E-state index in [-0.39, 0.29) is 5.91 Å². The Hall–Kier alpha value is -0.710. The number of amides is 1. The summed E-state index contributed by atoms with van der Waals surface area (Å²) in [5, 5.41) is 5.18. The fourth-order valence-corrected chi connectivity index (χ4v) is 4.02. The van der Waals surface area contributed by atoms with Crippen molar-refractivity contribution < 1.29 is 4.79 Å². The van der Waals surface area contributed by atoms with Gasteiger partial charge in [0.05, 0.1) is 6.54 Å². The predicted molar refractivity (Wildman–Crippen MR) is 81.5 cm³/mol. The number of likely N-dealkylation sites (tertiary alicyclic amines) is 1. The number of aliphatic imine (C=N–C) groups is 1. The highest BCUT2D eigenvalue weighted by Crippen LogP contribution is 2.31. The lowest BCUT2D eigenvalue weighted by atomic mass is 9.90. The van der Waals surface area contributed by atoms with Crippen LogP contribution in [0.1, 0.15) is 40.0 Å². The Balaban J connectivity index is 1.77. The second kappa shape index (κ2) is 5.73. The van der Waals surface area contributed by atoms with Gasteiger partial charge in [0.1, 0.15) is 0 Å². The van der Waals surface area contributed by atoms with Gasteiger partial charge in [0.15, 0.2) is 5.17 Å². The van der Waals surface area contributed by atoms with Gasteiger partial charge in [-0.05, 0) is 18.3 Å². The van der Waals surface area contributed by atoms with Crippen molar-refractivity contribution in [1.82, 2.24) is 10.2 Å². The lowest BCUT2D eigenvalue weighted by Gasteiger charge is -2.30. The van der Waals surface area contributed by atoms with Crippen LogP contribution >= 0.6 is 11.8 Å². The first-order valence-corrected chi connectivity index (χ1v) is 7.93. The Labute approximate surface area is 120 Å². The van der Waals surface area contributed by atoms with Crippen molar-refractivity contribution in [1.29, 1.82) is 0 Å². The maximum absolute atomic E-state index is 11.4. The van der Waals surface area contributed by atoms with E-state index < -0.39 is 0 Å². The van der Waals surface area contributed by atoms with Gasteiger partial charge in [-0.1, -0.05) is 32.5 Å². The standard InChI is InChI=1S/C14H25N3OS/c1-14(2,3)7-11-8-15-13(19-11)16-10-5-6-12(18)17(4)9-10/h10-11H,5-9H2,1-4H3,(H,15,16). The van der Waals surface area contributed by atoms with Crippen molar-refractivity contribution in [2.75, 3.05) is 20.1 Å². The Kier molecular flexibility index (Phi) is 4.43. The maximum Gasteiger partial charge on any atom is 0.222 e. The number of hydrogen-bond acceptors (Lipinski definition) is 4. The normalized spacial score (nSPS) is 28.5. The summed E-state index contributed by atoms with van der Waals surface area (Å²) >= 11 is 1.87. The minimum Gasteiger partial charge on any atom is -0.360 e. The minimum atomic E-state index is 0.254. The number of amidine groups is 1. The van der Waals surface area contributed by atoms with Crippen LogP contribution in [0.5, 0.6) is 0 Å². The molecule has 1 saturated heterocycles. The van der Waals surface area contributed by atoms with E-state index in [9.17, 15) is 4.79 Å². The summed E-state index contributed by atoms with van der Waals surface area (Å²) < 4.78 is 0. The second-order valence-corrected chi connectivity index (χ2v) is 8.09. The summed E-state index contributed by atoms with van der Waals surface area (Å²) in [6, 6.07) is 0.363. The molecule has 2 aliphatic heterocycles. The number of thioether (sulfide) groups is 1. The number of nitrogens with one attached hydrogen (secondary N) is 1. The molecule has 0 radical (unpaired) electrons. The molecule has 0 bridgehead atoms. The van der Waals surface area contributed by atoms with Crippen molar-refractivity contribution in [2.24, 2.45) is 10.4 Å². The van der Waals surface area contributed by atoms with Gasteiger partial charge in [0.25, 0.3) is 0 Å². The number of rotatable bonds is 2. The van der Waals surface area contributed by atoms with E-state index in [2.05, 4.69) is 31.1 Å². The SMILES string of the molecule is CN1CC(NC2=NCC(CC(C)(C)C)S2)CCC1=O. The van der Waals surface area contributed by atoms with Gasteiger partial charge in [-0.15, -0.1) is 0 Å². The molecule has 0 aromatic rings. The molecule has 2 unspecified atom stereocenters. The summed E-state index contributed by atoms with van der Waals surface area (Å²) in [6.45, 7) is 8.55. The predicted octanol–water partition coefficient (Wildman–Crippen LogP) is 2.10. The van der Waals surface area contributed by atoms with Gasteiger partial charge in [-0.3, -0.25) is 9.79 Å². The first kappa shape index (κ1) is 14.7. The zero-order valence-corrected chi connectivity index (χ0v) is 13.2. The Morgan fingerprint density at radius 2 is 2.21 bits per heavy atom. The zero-order valence-electron chi connectivity index (χ0n) is 12.4. The Morgan fingerprint density at radius 1 is 1.47 bits per heavy atom. The van der Waals surface area contributed by atoms with Crippen LogP contribution in [0, 0.1) is 5.41 Å². The molecule has 19 heavy (non-hydrogen) atoms. The van der Waals surface area contributed by atoms with Crippen LogP contribution in [-0.2, 0) is 4.79 Å². The molecule has 2 atom stereocenters. The quantitative estimate of drug-likeness (QED) is 0.844. The molecule has 4 nitrogen and oxygen atoms in total. The van der Waals surface area contributed by atoms with Crippen LogP contribution in [0.4, 0.5) is 0 Å². The fraction of sp³-hybridized carbons (Fsp3) is 0.857. The Morgan fingerprint density at radius 3 is 2.84 bits per heavy atom. The van der Waals surface area contributed by atoms with Gasteiger partial charge in [0, 0.05) is 31.3 Å². The zero-order chi connectivity index (χ0) is 14.0. The summed E-state index contributed by atoms with van der Waals surface area (Å²) in [6.07, 6.45) is 2.76. The van der Waals surface area contributed by atoms with Crippen LogP contribution in [0.15, 0.2) is 4.99 Å². The third kappa shape index (κ3) is 4.41. The molecule has 1 amide bonds. The average molecular weight is 283 g/mol. The fourth-order valence-electron chi connectivity index (χ4n) is 2.59. The number of piperidine rings is 1. The molecule has 0 saturated carbocycles. The summed E-state index contributed by atoms with van der Waals surface area (Å²) in [5.74, 6) is 0.254. The van der Waals surface area contributed by atoms with Gasteiger partial charge >= 0.3 is 0 Å². The number of hydrogen-bond donors (Lipinski definition) is 1. The molecule has 0 spiro atoms. The third-order valence-electron chi connectivity index (χ3n) is 3.51. The molecule has 0 aromatic carbocycles. The van der Waals surface area contributed by atoms with E-state index in [0.29, 0.717) is 23.1 Å². The molecule has 0 aromatic heterocycles. The monoisotopic (exact) mass is 283 g/mol. The van der Waals surface area contributed by atoms with Gasteiger partial charge in [-0.25, -0.2) is 0 Å². The highest BCUT2D eigenvalue weighted by molar-refractivity contribution is 8.14. The number of carbonyl (C=O) groups is 1. The van der Waals surface area contributed by atoms with Crippen LogP contribution in [0.25, 0.3) is 0 Å². The summed E-state index contributed by atoms with van der Waals surface area (Å²) in [5.41, 5.74) is 0.361. The van der Waals surface area contributed by atoms with Crippen LogP contribution in [-0.4, -0.2) is 47.4 Å². The van der Waals surface area contributed by atoms with Crippen molar-refractivity contribution in [3.05, 3.63) is 0 Å². The molecule has 108 valence electrons. The third-order valence-corrected chi connectivity index (χ3v) is 4.63. The topological polar surface area (TPSA) is 44.7 Å². The largest absolute Gasteiger partial charge is 0.360 e. The average Bonchev–Trinajstić information content (AvgIpc) is 2.68. The van der Waals surface area contributed by atoms with Crippen molar-refractivity contribution >= 4 is 22.8 Å². The molecule has 1 fully saturated rings. The van der Waals surface area contributed by atoms with E-state index >= 15 is 0 Å². The lowest BCUT2D eigenvalue weighted by molar-refractivity contribution is -0.132. The maximum atomic E-state index is 11.4. The van der Waals surface area contributed by atoms with E-state index in [1.807, 2.05) is 23.7 Å². The summed E-state index contributed by atoms with van der Waals surface area (Å²) in [7, 11) is 1.88. The second-order valence-electron chi connectivity index (χ2n) is 6.80. The lowest BCUT2D eigenvalue weighted by Crippen LogP contribution is -2.47. The van der Waals surface area contributed by atoms with E-state index in [4.69, 9.17) is 0 Å². The molecular formula is C14H25N3OS. The molecule has 5 heteroatoms. The molecule has 2 rings (SSSR count). The van der Waals surface area contributed by atoms with Crippen molar-refractivity contribution in [2.45, 2.75) is 51.3 Å². The van der Waals surface area contributed by atoms with E-state index in [1.54, 1.807) is 0 Å².